The molecule has 1 spiro atoms. The summed E-state index contributed by atoms with van der Waals surface area (Å²) in [6.45, 7) is 1.71. The third-order valence-corrected chi connectivity index (χ3v) is 5.33. The molecule has 5 nitrogen and oxygen atoms in total. The second kappa shape index (κ2) is 4.78. The lowest BCUT2D eigenvalue weighted by Crippen LogP contribution is -2.35. The van der Waals surface area contributed by atoms with Gasteiger partial charge in [0, 0.05) is 18.7 Å². The summed E-state index contributed by atoms with van der Waals surface area (Å²) in [6, 6.07) is 5.14. The Morgan fingerprint density at radius 2 is 2.05 bits per heavy atom. The second-order valence-electron chi connectivity index (χ2n) is 6.50. The van der Waals surface area contributed by atoms with Gasteiger partial charge in [0.25, 0.3) is 11.5 Å². The number of hydrogen-bond donors (Lipinski definition) is 2. The van der Waals surface area contributed by atoms with Gasteiger partial charge in [0.2, 0.25) is 0 Å². The van der Waals surface area contributed by atoms with Crippen LogP contribution >= 0.6 is 12.2 Å². The van der Waals surface area contributed by atoms with Crippen LogP contribution in [0.3, 0.4) is 0 Å². The summed E-state index contributed by atoms with van der Waals surface area (Å²) in [6.07, 6.45) is 4.90. The van der Waals surface area contributed by atoms with E-state index in [1.54, 1.807) is 18.2 Å². The number of carbonyl (C=O) groups is 1. The van der Waals surface area contributed by atoms with E-state index in [9.17, 15) is 9.59 Å². The Kier molecular flexibility index (Phi) is 2.97. The average Bonchev–Trinajstić information content (AvgIpc) is 2.91. The van der Waals surface area contributed by atoms with Crippen LogP contribution in [-0.2, 0) is 0 Å². The quantitative estimate of drug-likeness (QED) is 0.795. The molecule has 0 radical (unpaired) electrons. The molecule has 1 aliphatic carbocycles. The molecule has 6 heteroatoms. The zero-order valence-electron chi connectivity index (χ0n) is 12.1. The molecule has 114 valence electrons. The molecule has 0 bridgehead atoms. The lowest BCUT2D eigenvalue weighted by molar-refractivity contribution is 0.0732. The SMILES string of the molecule is O=C(c1ccc2c(=O)[nH]c(=S)[nH]c2c1)N1CCC2(CCC2)C1. The molecular weight excluding hydrogens is 298 g/mol. The Hall–Kier alpha value is -1.95. The van der Waals surface area contributed by atoms with Gasteiger partial charge in [-0.1, -0.05) is 6.42 Å². The molecule has 2 heterocycles. The molecule has 1 saturated carbocycles. The number of hydrogen-bond acceptors (Lipinski definition) is 3. The number of nitrogens with zero attached hydrogens (tertiary/aromatic N) is 1. The van der Waals surface area contributed by atoms with Gasteiger partial charge in [0.1, 0.15) is 0 Å². The number of fused-ring (bicyclic) bond motifs is 1. The topological polar surface area (TPSA) is 69.0 Å². The summed E-state index contributed by atoms with van der Waals surface area (Å²) < 4.78 is 0.275. The third kappa shape index (κ3) is 2.09. The van der Waals surface area contributed by atoms with Gasteiger partial charge in [-0.25, -0.2) is 0 Å². The average molecular weight is 315 g/mol. The molecule has 0 unspecified atom stereocenters. The van der Waals surface area contributed by atoms with Crippen LogP contribution in [0.2, 0.25) is 0 Å². The highest BCUT2D eigenvalue weighted by atomic mass is 32.1. The van der Waals surface area contributed by atoms with E-state index in [4.69, 9.17) is 12.2 Å². The van der Waals surface area contributed by atoms with Gasteiger partial charge in [-0.2, -0.15) is 0 Å². The van der Waals surface area contributed by atoms with Crippen molar-refractivity contribution in [3.8, 4) is 0 Å². The zero-order valence-corrected chi connectivity index (χ0v) is 13.0. The Morgan fingerprint density at radius 1 is 1.23 bits per heavy atom. The molecule has 1 aliphatic heterocycles. The summed E-state index contributed by atoms with van der Waals surface area (Å²) in [5, 5.41) is 0.516. The summed E-state index contributed by atoms with van der Waals surface area (Å²) in [4.78, 5) is 32.0. The van der Waals surface area contributed by atoms with Crippen LogP contribution in [0.4, 0.5) is 0 Å². The number of aromatic amines is 2. The normalized spacial score (nSPS) is 19.5. The fourth-order valence-corrected chi connectivity index (χ4v) is 3.88. The predicted molar refractivity (Wildman–Crippen MR) is 86.6 cm³/mol. The van der Waals surface area contributed by atoms with E-state index in [0.29, 0.717) is 21.9 Å². The molecule has 2 aromatic rings. The van der Waals surface area contributed by atoms with Gasteiger partial charge in [-0.3, -0.25) is 14.6 Å². The number of amides is 1. The maximum absolute atomic E-state index is 12.7. The Bertz CT molecular complexity index is 879. The van der Waals surface area contributed by atoms with Crippen molar-refractivity contribution in [2.75, 3.05) is 13.1 Å². The predicted octanol–water partition coefficient (Wildman–Crippen LogP) is 2.60. The van der Waals surface area contributed by atoms with Gasteiger partial charge >= 0.3 is 0 Å². The fourth-order valence-electron chi connectivity index (χ4n) is 3.68. The van der Waals surface area contributed by atoms with Gasteiger partial charge < -0.3 is 9.88 Å². The van der Waals surface area contributed by atoms with Crippen molar-refractivity contribution >= 4 is 29.0 Å². The molecule has 0 atom stereocenters. The van der Waals surface area contributed by atoms with Crippen LogP contribution < -0.4 is 5.56 Å². The van der Waals surface area contributed by atoms with Crippen LogP contribution in [0.25, 0.3) is 10.9 Å². The standard InChI is InChI=1S/C16H17N3O2S/c20-13-11-3-2-10(8-12(11)17-15(22)18-13)14(21)19-7-6-16(9-19)4-1-5-16/h2-3,8H,1,4-7,9H2,(H2,17,18,20,22). The summed E-state index contributed by atoms with van der Waals surface area (Å²) in [7, 11) is 0. The van der Waals surface area contributed by atoms with E-state index in [-0.39, 0.29) is 16.2 Å². The smallest absolute Gasteiger partial charge is 0.259 e. The first kappa shape index (κ1) is 13.7. The molecule has 2 fully saturated rings. The monoisotopic (exact) mass is 315 g/mol. The van der Waals surface area contributed by atoms with Crippen LogP contribution in [0.15, 0.2) is 23.0 Å². The van der Waals surface area contributed by atoms with Crippen molar-refractivity contribution in [1.29, 1.82) is 0 Å². The first-order valence-corrected chi connectivity index (χ1v) is 8.03. The van der Waals surface area contributed by atoms with E-state index in [0.717, 1.165) is 19.5 Å². The molecular formula is C16H17N3O2S. The highest BCUT2D eigenvalue weighted by Crippen LogP contribution is 2.48. The highest BCUT2D eigenvalue weighted by molar-refractivity contribution is 7.71. The van der Waals surface area contributed by atoms with Crippen molar-refractivity contribution in [3.63, 3.8) is 0 Å². The highest BCUT2D eigenvalue weighted by Gasteiger charge is 2.44. The summed E-state index contributed by atoms with van der Waals surface area (Å²) >= 11 is 4.99. The first-order valence-electron chi connectivity index (χ1n) is 7.62. The van der Waals surface area contributed by atoms with E-state index in [1.165, 1.54) is 19.3 Å². The van der Waals surface area contributed by atoms with Crippen molar-refractivity contribution in [2.24, 2.45) is 5.41 Å². The van der Waals surface area contributed by atoms with E-state index in [2.05, 4.69) is 9.97 Å². The Morgan fingerprint density at radius 3 is 2.73 bits per heavy atom. The van der Waals surface area contributed by atoms with Gasteiger partial charge in [0.15, 0.2) is 4.77 Å². The van der Waals surface area contributed by atoms with Crippen LogP contribution in [0.1, 0.15) is 36.0 Å². The molecule has 1 saturated heterocycles. The van der Waals surface area contributed by atoms with Gasteiger partial charge in [0.05, 0.1) is 10.9 Å². The maximum Gasteiger partial charge on any atom is 0.259 e. The van der Waals surface area contributed by atoms with Gasteiger partial charge in [-0.05, 0) is 55.1 Å². The molecule has 2 aliphatic rings. The number of nitrogens with one attached hydrogen (secondary N) is 2. The van der Waals surface area contributed by atoms with Crippen molar-refractivity contribution in [3.05, 3.63) is 38.9 Å². The van der Waals surface area contributed by atoms with Crippen LogP contribution in [-0.4, -0.2) is 33.9 Å². The Labute approximate surface area is 132 Å². The second-order valence-corrected chi connectivity index (χ2v) is 6.91. The van der Waals surface area contributed by atoms with Crippen molar-refractivity contribution in [1.82, 2.24) is 14.9 Å². The number of rotatable bonds is 1. The van der Waals surface area contributed by atoms with Crippen molar-refractivity contribution < 1.29 is 4.79 Å². The molecule has 22 heavy (non-hydrogen) atoms. The largest absolute Gasteiger partial charge is 0.338 e. The molecule has 2 N–H and O–H groups in total. The molecule has 1 amide bonds. The zero-order chi connectivity index (χ0) is 15.3. The summed E-state index contributed by atoms with van der Waals surface area (Å²) in [5.74, 6) is 0.0466. The van der Waals surface area contributed by atoms with Crippen LogP contribution in [0.5, 0.6) is 0 Å². The molecule has 1 aromatic carbocycles. The lowest BCUT2D eigenvalue weighted by atomic mass is 9.68. The number of carbonyl (C=O) groups excluding carboxylic acids is 1. The third-order valence-electron chi connectivity index (χ3n) is 5.13. The van der Waals surface area contributed by atoms with E-state index >= 15 is 0 Å². The first-order chi connectivity index (χ1) is 10.6. The lowest BCUT2D eigenvalue weighted by Gasteiger charge is -2.37. The minimum absolute atomic E-state index is 0.0466. The number of H-pyrrole nitrogens is 2. The Balaban J connectivity index is 1.67. The maximum atomic E-state index is 12.7. The molecule has 4 rings (SSSR count). The minimum Gasteiger partial charge on any atom is -0.338 e. The van der Waals surface area contributed by atoms with Crippen molar-refractivity contribution in [2.45, 2.75) is 25.7 Å². The fraction of sp³-hybridized carbons (Fsp3) is 0.438. The van der Waals surface area contributed by atoms with Crippen LogP contribution in [0, 0.1) is 10.2 Å². The van der Waals surface area contributed by atoms with Gasteiger partial charge in [-0.15, -0.1) is 0 Å². The number of benzene rings is 1. The number of likely N-dealkylation sites (tertiary alicyclic amines) is 1. The minimum atomic E-state index is -0.229. The molecule has 1 aromatic heterocycles. The number of aromatic nitrogens is 2. The van der Waals surface area contributed by atoms with E-state index < -0.39 is 0 Å². The van der Waals surface area contributed by atoms with E-state index in [1.807, 2.05) is 4.90 Å². The summed E-state index contributed by atoms with van der Waals surface area (Å²) in [5.41, 5.74) is 1.38.